The van der Waals surface area contributed by atoms with Crippen molar-refractivity contribution in [3.8, 4) is 11.8 Å². The van der Waals surface area contributed by atoms with Gasteiger partial charge in [-0.2, -0.15) is 5.26 Å². The van der Waals surface area contributed by atoms with Crippen LogP contribution >= 0.6 is 0 Å². The first kappa shape index (κ1) is 13.9. The highest BCUT2D eigenvalue weighted by atomic mass is 16.5. The number of piperidine rings is 1. The molecule has 1 aromatic rings. The van der Waals surface area contributed by atoms with E-state index in [-0.39, 0.29) is 5.92 Å². The lowest BCUT2D eigenvalue weighted by molar-refractivity contribution is 0.169. The number of aryl methyl sites for hydroxylation is 2. The number of benzene rings is 1. The van der Waals surface area contributed by atoms with Crippen LogP contribution in [0.2, 0.25) is 0 Å². The Hall–Kier alpha value is -1.53. The van der Waals surface area contributed by atoms with E-state index in [0.717, 1.165) is 44.8 Å². The average molecular weight is 258 g/mol. The first-order valence-electron chi connectivity index (χ1n) is 7.00. The number of hydrogen-bond acceptors (Lipinski definition) is 3. The third-order valence-corrected chi connectivity index (χ3v) is 3.64. The van der Waals surface area contributed by atoms with E-state index in [0.29, 0.717) is 0 Å². The molecule has 1 aliphatic heterocycles. The molecule has 1 aromatic carbocycles. The van der Waals surface area contributed by atoms with Crippen LogP contribution in [0.1, 0.15) is 24.0 Å². The van der Waals surface area contributed by atoms with Crippen LogP contribution in [0.3, 0.4) is 0 Å². The summed E-state index contributed by atoms with van der Waals surface area (Å²) in [5.74, 6) is 1.22. The summed E-state index contributed by atoms with van der Waals surface area (Å²) in [5, 5.41) is 8.86. The van der Waals surface area contributed by atoms with Crippen LogP contribution in [-0.2, 0) is 0 Å². The van der Waals surface area contributed by atoms with Crippen molar-refractivity contribution in [1.29, 1.82) is 5.26 Å². The second kappa shape index (κ2) is 6.58. The number of likely N-dealkylation sites (tertiary alicyclic amines) is 1. The molecule has 0 N–H and O–H groups in total. The Morgan fingerprint density at radius 2 is 1.84 bits per heavy atom. The SMILES string of the molecule is Cc1cc(C)cc(OCCN2CCC(C#N)CC2)c1. The molecular formula is C16H22N2O. The topological polar surface area (TPSA) is 36.3 Å². The predicted octanol–water partition coefficient (Wildman–Crippen LogP) is 2.92. The standard InChI is InChI=1S/C16H22N2O/c1-13-9-14(2)11-16(10-13)19-8-7-18-5-3-15(12-17)4-6-18/h9-11,15H,3-8H2,1-2H3. The Morgan fingerprint density at radius 3 is 2.42 bits per heavy atom. The maximum absolute atomic E-state index is 8.86. The minimum absolute atomic E-state index is 0.261. The van der Waals surface area contributed by atoms with E-state index >= 15 is 0 Å². The summed E-state index contributed by atoms with van der Waals surface area (Å²) in [7, 11) is 0. The smallest absolute Gasteiger partial charge is 0.119 e. The molecule has 2 rings (SSSR count). The number of ether oxygens (including phenoxy) is 1. The molecule has 0 aliphatic carbocycles. The van der Waals surface area contributed by atoms with Gasteiger partial charge in [-0.1, -0.05) is 6.07 Å². The highest BCUT2D eigenvalue weighted by Crippen LogP contribution is 2.17. The van der Waals surface area contributed by atoms with E-state index in [9.17, 15) is 0 Å². The van der Waals surface area contributed by atoms with Crippen LogP contribution in [0.15, 0.2) is 18.2 Å². The fourth-order valence-corrected chi connectivity index (χ4v) is 2.59. The maximum atomic E-state index is 8.86. The summed E-state index contributed by atoms with van der Waals surface area (Å²) in [5.41, 5.74) is 2.48. The molecule has 0 aromatic heterocycles. The first-order valence-corrected chi connectivity index (χ1v) is 7.00. The summed E-state index contributed by atoms with van der Waals surface area (Å²) in [6, 6.07) is 8.67. The Morgan fingerprint density at radius 1 is 1.21 bits per heavy atom. The Kier molecular flexibility index (Phi) is 4.81. The van der Waals surface area contributed by atoms with Crippen LogP contribution in [0.5, 0.6) is 5.75 Å². The van der Waals surface area contributed by atoms with Crippen molar-refractivity contribution in [2.24, 2.45) is 5.92 Å². The zero-order valence-corrected chi connectivity index (χ0v) is 11.9. The summed E-state index contributed by atoms with van der Waals surface area (Å²) in [6.07, 6.45) is 2.00. The predicted molar refractivity (Wildman–Crippen MR) is 76.2 cm³/mol. The van der Waals surface area contributed by atoms with Gasteiger partial charge in [0.15, 0.2) is 0 Å². The molecule has 102 valence electrons. The van der Waals surface area contributed by atoms with Gasteiger partial charge in [-0.05, 0) is 63.0 Å². The minimum atomic E-state index is 0.261. The van der Waals surface area contributed by atoms with E-state index in [1.165, 1.54) is 11.1 Å². The molecule has 1 saturated heterocycles. The van der Waals surface area contributed by atoms with Crippen molar-refractivity contribution in [2.75, 3.05) is 26.2 Å². The fraction of sp³-hybridized carbons (Fsp3) is 0.562. The minimum Gasteiger partial charge on any atom is -0.492 e. The molecule has 1 aliphatic rings. The fourth-order valence-electron chi connectivity index (χ4n) is 2.59. The molecule has 19 heavy (non-hydrogen) atoms. The van der Waals surface area contributed by atoms with Gasteiger partial charge in [0.2, 0.25) is 0 Å². The summed E-state index contributed by atoms with van der Waals surface area (Å²) in [6.45, 7) is 7.90. The van der Waals surface area contributed by atoms with E-state index in [1.54, 1.807) is 0 Å². The maximum Gasteiger partial charge on any atom is 0.119 e. The van der Waals surface area contributed by atoms with E-state index in [4.69, 9.17) is 10.00 Å². The van der Waals surface area contributed by atoms with E-state index < -0.39 is 0 Å². The largest absolute Gasteiger partial charge is 0.492 e. The van der Waals surface area contributed by atoms with Crippen LogP contribution in [-0.4, -0.2) is 31.1 Å². The highest BCUT2D eigenvalue weighted by molar-refractivity contribution is 5.32. The molecule has 0 amide bonds. The summed E-state index contributed by atoms with van der Waals surface area (Å²) in [4.78, 5) is 2.39. The van der Waals surface area contributed by atoms with Gasteiger partial charge in [-0.3, -0.25) is 4.90 Å². The van der Waals surface area contributed by atoms with Gasteiger partial charge >= 0.3 is 0 Å². The van der Waals surface area contributed by atoms with Gasteiger partial charge < -0.3 is 4.74 Å². The van der Waals surface area contributed by atoms with Crippen molar-refractivity contribution in [3.05, 3.63) is 29.3 Å². The van der Waals surface area contributed by atoms with Crippen molar-refractivity contribution in [3.63, 3.8) is 0 Å². The van der Waals surface area contributed by atoms with Gasteiger partial charge in [0.05, 0.1) is 6.07 Å². The summed E-state index contributed by atoms with van der Waals surface area (Å²) < 4.78 is 5.82. The Balaban J connectivity index is 1.73. The van der Waals surface area contributed by atoms with Crippen LogP contribution in [0, 0.1) is 31.1 Å². The normalized spacial score (nSPS) is 17.1. The lowest BCUT2D eigenvalue weighted by atomic mass is 9.99. The molecule has 0 bridgehead atoms. The molecule has 0 saturated carbocycles. The number of nitriles is 1. The number of nitrogens with zero attached hydrogens (tertiary/aromatic N) is 2. The zero-order valence-electron chi connectivity index (χ0n) is 11.9. The van der Waals surface area contributed by atoms with Crippen molar-refractivity contribution in [2.45, 2.75) is 26.7 Å². The van der Waals surface area contributed by atoms with Gasteiger partial charge in [0.1, 0.15) is 12.4 Å². The molecular weight excluding hydrogens is 236 g/mol. The third kappa shape index (κ3) is 4.25. The molecule has 0 atom stereocenters. The molecule has 3 nitrogen and oxygen atoms in total. The molecule has 3 heteroatoms. The monoisotopic (exact) mass is 258 g/mol. The van der Waals surface area contributed by atoms with Crippen molar-refractivity contribution >= 4 is 0 Å². The van der Waals surface area contributed by atoms with Crippen molar-refractivity contribution in [1.82, 2.24) is 4.90 Å². The van der Waals surface area contributed by atoms with Gasteiger partial charge in [-0.25, -0.2) is 0 Å². The highest BCUT2D eigenvalue weighted by Gasteiger charge is 2.18. The Bertz CT molecular complexity index is 436. The van der Waals surface area contributed by atoms with Crippen molar-refractivity contribution < 1.29 is 4.74 Å². The Labute approximate surface area is 115 Å². The molecule has 1 heterocycles. The van der Waals surface area contributed by atoms with Gasteiger partial charge in [0, 0.05) is 12.5 Å². The van der Waals surface area contributed by atoms with Crippen LogP contribution in [0.4, 0.5) is 0 Å². The first-order chi connectivity index (χ1) is 9.17. The molecule has 0 radical (unpaired) electrons. The third-order valence-electron chi connectivity index (χ3n) is 3.64. The lowest BCUT2D eigenvalue weighted by Crippen LogP contribution is -2.36. The number of rotatable bonds is 4. The average Bonchev–Trinajstić information content (AvgIpc) is 2.38. The lowest BCUT2D eigenvalue weighted by Gasteiger charge is -2.28. The quantitative estimate of drug-likeness (QED) is 0.833. The van der Waals surface area contributed by atoms with Crippen LogP contribution in [0.25, 0.3) is 0 Å². The number of hydrogen-bond donors (Lipinski definition) is 0. The van der Waals surface area contributed by atoms with Gasteiger partial charge in [-0.15, -0.1) is 0 Å². The molecule has 1 fully saturated rings. The molecule has 0 spiro atoms. The second-order valence-electron chi connectivity index (χ2n) is 5.42. The molecule has 0 unspecified atom stereocenters. The van der Waals surface area contributed by atoms with Crippen LogP contribution < -0.4 is 4.74 Å². The van der Waals surface area contributed by atoms with E-state index in [2.05, 4.69) is 43.0 Å². The van der Waals surface area contributed by atoms with E-state index in [1.807, 2.05) is 0 Å². The second-order valence-corrected chi connectivity index (χ2v) is 5.42. The zero-order chi connectivity index (χ0) is 13.7. The summed E-state index contributed by atoms with van der Waals surface area (Å²) >= 11 is 0. The van der Waals surface area contributed by atoms with Gasteiger partial charge in [0.25, 0.3) is 0 Å².